The first-order valence-electron chi connectivity index (χ1n) is 12.4. The summed E-state index contributed by atoms with van der Waals surface area (Å²) >= 11 is 1.82. The number of rotatable bonds is 8. The monoisotopic (exact) mass is 527 g/mol. The molecule has 2 aromatic carbocycles. The van der Waals surface area contributed by atoms with Crippen molar-refractivity contribution >= 4 is 38.6 Å². The number of nitrogens with zero attached hydrogens (tertiary/aromatic N) is 3. The minimum Gasteiger partial charge on any atom is -0.497 e. The van der Waals surface area contributed by atoms with Crippen molar-refractivity contribution in [1.29, 1.82) is 0 Å². The van der Waals surface area contributed by atoms with Gasteiger partial charge in [0.05, 0.1) is 23.9 Å². The van der Waals surface area contributed by atoms with Crippen molar-refractivity contribution < 1.29 is 29.3 Å². The maximum Gasteiger partial charge on any atom is 0.414 e. The van der Waals surface area contributed by atoms with Crippen LogP contribution in [0.5, 0.6) is 11.5 Å². The van der Waals surface area contributed by atoms with E-state index in [-0.39, 0.29) is 0 Å². The van der Waals surface area contributed by atoms with Gasteiger partial charge in [-0.25, -0.2) is 14.6 Å². The Bertz CT molecular complexity index is 1160. The number of aliphatic carboxylic acids is 2. The zero-order chi connectivity index (χ0) is 26.4. The number of carbonyl (C=O) groups is 2. The SMILES string of the molecule is COc1cccc(OCCCN2C3CCC2CC(N(C)c2nc4ccccc4s2)C3)c1.O=C(O)C(=O)O. The fourth-order valence-corrected chi connectivity index (χ4v) is 6.22. The molecule has 2 N–H and O–H groups in total. The van der Waals surface area contributed by atoms with Gasteiger partial charge in [-0.15, -0.1) is 0 Å². The van der Waals surface area contributed by atoms with Crippen LogP contribution in [0.1, 0.15) is 32.1 Å². The number of methoxy groups -OCH3 is 1. The zero-order valence-electron chi connectivity index (χ0n) is 21.1. The van der Waals surface area contributed by atoms with E-state index in [1.807, 2.05) is 35.6 Å². The first-order chi connectivity index (χ1) is 17.9. The van der Waals surface area contributed by atoms with Crippen LogP contribution in [0, 0.1) is 0 Å². The molecule has 1 aromatic heterocycles. The van der Waals surface area contributed by atoms with E-state index in [2.05, 4.69) is 41.1 Å². The van der Waals surface area contributed by atoms with E-state index in [1.54, 1.807) is 7.11 Å². The maximum atomic E-state index is 9.10. The number of benzene rings is 2. The van der Waals surface area contributed by atoms with Gasteiger partial charge in [0.2, 0.25) is 0 Å². The van der Waals surface area contributed by atoms with Gasteiger partial charge in [-0.1, -0.05) is 29.5 Å². The highest BCUT2D eigenvalue weighted by Gasteiger charge is 2.41. The summed E-state index contributed by atoms with van der Waals surface area (Å²) in [6.45, 7) is 1.87. The average molecular weight is 528 g/mol. The molecule has 37 heavy (non-hydrogen) atoms. The first kappa shape index (κ1) is 26.7. The zero-order valence-corrected chi connectivity index (χ0v) is 21.9. The van der Waals surface area contributed by atoms with Crippen LogP contribution in [0.15, 0.2) is 48.5 Å². The minimum atomic E-state index is -1.82. The van der Waals surface area contributed by atoms with Gasteiger partial charge >= 0.3 is 11.9 Å². The highest BCUT2D eigenvalue weighted by atomic mass is 32.1. The van der Waals surface area contributed by atoms with E-state index < -0.39 is 11.9 Å². The minimum absolute atomic E-state index is 0.586. The molecule has 3 aromatic rings. The molecule has 2 fully saturated rings. The number of thiazole rings is 1. The number of aromatic nitrogens is 1. The third kappa shape index (κ3) is 6.69. The Labute approximate surface area is 220 Å². The Morgan fingerprint density at radius 2 is 1.73 bits per heavy atom. The number of carboxylic acid groups (broad SMARTS) is 2. The van der Waals surface area contributed by atoms with Crippen molar-refractivity contribution in [2.45, 2.75) is 50.2 Å². The van der Waals surface area contributed by atoms with Crippen LogP contribution in [0.4, 0.5) is 5.13 Å². The van der Waals surface area contributed by atoms with Gasteiger partial charge in [-0.3, -0.25) is 4.90 Å². The quantitative estimate of drug-likeness (QED) is 0.326. The number of fused-ring (bicyclic) bond motifs is 3. The molecular weight excluding hydrogens is 494 g/mol. The van der Waals surface area contributed by atoms with Gasteiger partial charge in [0, 0.05) is 37.8 Å². The second-order valence-electron chi connectivity index (χ2n) is 9.31. The normalized spacial score (nSPS) is 20.6. The number of hydrogen-bond acceptors (Lipinski definition) is 8. The Morgan fingerprint density at radius 1 is 1.05 bits per heavy atom. The number of carboxylic acids is 2. The summed E-state index contributed by atoms with van der Waals surface area (Å²) in [5.74, 6) is -1.92. The van der Waals surface area contributed by atoms with Gasteiger partial charge < -0.3 is 24.6 Å². The van der Waals surface area contributed by atoms with Gasteiger partial charge in [0.15, 0.2) is 5.13 Å². The molecule has 0 radical (unpaired) electrons. The lowest BCUT2D eigenvalue weighted by molar-refractivity contribution is -0.159. The average Bonchev–Trinajstić information content (AvgIpc) is 3.43. The lowest BCUT2D eigenvalue weighted by Gasteiger charge is -2.42. The van der Waals surface area contributed by atoms with Gasteiger partial charge in [-0.05, 0) is 56.4 Å². The molecule has 0 spiro atoms. The first-order valence-corrected chi connectivity index (χ1v) is 13.2. The summed E-state index contributed by atoms with van der Waals surface area (Å²) in [4.78, 5) is 28.3. The molecule has 2 saturated heterocycles. The number of para-hydroxylation sites is 1. The topological polar surface area (TPSA) is 112 Å². The number of anilines is 1. The van der Waals surface area contributed by atoms with Crippen molar-refractivity contribution in [1.82, 2.24) is 9.88 Å². The third-order valence-electron chi connectivity index (χ3n) is 7.05. The predicted molar refractivity (Wildman–Crippen MR) is 143 cm³/mol. The van der Waals surface area contributed by atoms with E-state index in [4.69, 9.17) is 34.3 Å². The molecule has 3 heterocycles. The van der Waals surface area contributed by atoms with Crippen LogP contribution < -0.4 is 14.4 Å². The van der Waals surface area contributed by atoms with E-state index in [9.17, 15) is 0 Å². The van der Waals surface area contributed by atoms with E-state index >= 15 is 0 Å². The third-order valence-corrected chi connectivity index (χ3v) is 8.17. The fourth-order valence-electron chi connectivity index (χ4n) is 5.22. The Kier molecular flexibility index (Phi) is 8.83. The number of piperidine rings is 1. The molecule has 2 bridgehead atoms. The van der Waals surface area contributed by atoms with Gasteiger partial charge in [0.1, 0.15) is 11.5 Å². The summed E-state index contributed by atoms with van der Waals surface area (Å²) in [6, 6.07) is 18.3. The Balaban J connectivity index is 0.000000480. The van der Waals surface area contributed by atoms with Gasteiger partial charge in [-0.2, -0.15) is 0 Å². The van der Waals surface area contributed by atoms with Crippen LogP contribution in [-0.2, 0) is 9.59 Å². The van der Waals surface area contributed by atoms with Crippen molar-refractivity contribution in [3.8, 4) is 11.5 Å². The molecule has 2 aliphatic heterocycles. The molecule has 9 nitrogen and oxygen atoms in total. The molecular formula is C27H33N3O6S. The molecule has 5 rings (SSSR count). The van der Waals surface area contributed by atoms with Gasteiger partial charge in [0.25, 0.3) is 0 Å². The summed E-state index contributed by atoms with van der Waals surface area (Å²) in [6.07, 6.45) is 6.18. The van der Waals surface area contributed by atoms with Crippen molar-refractivity contribution in [3.05, 3.63) is 48.5 Å². The fraction of sp³-hybridized carbons (Fsp3) is 0.444. The second-order valence-corrected chi connectivity index (χ2v) is 10.3. The van der Waals surface area contributed by atoms with E-state index in [1.165, 1.54) is 30.4 Å². The van der Waals surface area contributed by atoms with Crippen LogP contribution >= 0.6 is 11.3 Å². The summed E-state index contributed by atoms with van der Waals surface area (Å²) < 4.78 is 12.5. The molecule has 2 unspecified atom stereocenters. The molecule has 10 heteroatoms. The smallest absolute Gasteiger partial charge is 0.414 e. The lowest BCUT2D eigenvalue weighted by atomic mass is 9.96. The van der Waals surface area contributed by atoms with Crippen molar-refractivity contribution in [3.63, 3.8) is 0 Å². The predicted octanol–water partition coefficient (Wildman–Crippen LogP) is 4.36. The van der Waals surface area contributed by atoms with Crippen LogP contribution in [0.2, 0.25) is 0 Å². The maximum absolute atomic E-state index is 9.10. The Hall–Kier alpha value is -3.37. The van der Waals surface area contributed by atoms with Crippen LogP contribution in [0.3, 0.4) is 0 Å². The largest absolute Gasteiger partial charge is 0.497 e. The lowest BCUT2D eigenvalue weighted by Crippen LogP contribution is -2.50. The highest BCUT2D eigenvalue weighted by Crippen LogP contribution is 2.39. The summed E-state index contributed by atoms with van der Waals surface area (Å²) in [5, 5.41) is 15.9. The molecule has 0 saturated carbocycles. The molecule has 198 valence electrons. The van der Waals surface area contributed by atoms with E-state index in [0.29, 0.717) is 18.1 Å². The van der Waals surface area contributed by atoms with Crippen molar-refractivity contribution in [2.75, 3.05) is 32.2 Å². The standard InChI is InChI=1S/C25H31N3O2S.C2H2O4/c1-27(25-26-23-9-3-4-10-24(23)31-25)20-15-18-11-12-19(16-20)28(18)13-6-14-30-22-8-5-7-21(17-22)29-2;3-1(4)2(5)6/h3-5,7-10,17-20H,6,11-16H2,1-2H3;(H,3,4)(H,5,6). The van der Waals surface area contributed by atoms with Crippen LogP contribution in [-0.4, -0.2) is 77.5 Å². The molecule has 0 amide bonds. The molecule has 0 aliphatic carbocycles. The molecule has 2 aliphatic rings. The number of hydrogen-bond donors (Lipinski definition) is 2. The summed E-state index contributed by atoms with van der Waals surface area (Å²) in [7, 11) is 3.92. The van der Waals surface area contributed by atoms with Crippen molar-refractivity contribution in [2.24, 2.45) is 0 Å². The highest BCUT2D eigenvalue weighted by molar-refractivity contribution is 7.22. The van der Waals surface area contributed by atoms with Crippen LogP contribution in [0.25, 0.3) is 10.2 Å². The summed E-state index contributed by atoms with van der Waals surface area (Å²) in [5.41, 5.74) is 1.12. The number of ether oxygens (including phenoxy) is 2. The second kappa shape index (κ2) is 12.2. The molecule has 2 atom stereocenters. The van der Waals surface area contributed by atoms with E-state index in [0.717, 1.165) is 41.7 Å². The Morgan fingerprint density at radius 3 is 2.38 bits per heavy atom.